The maximum atomic E-state index is 12.7. The lowest BCUT2D eigenvalue weighted by Gasteiger charge is -2.32. The van der Waals surface area contributed by atoms with Crippen LogP contribution in [0.4, 0.5) is 19.0 Å². The largest absolute Gasteiger partial charge is 0.433 e. The first-order valence-electron chi connectivity index (χ1n) is 7.78. The van der Waals surface area contributed by atoms with Crippen molar-refractivity contribution < 1.29 is 13.2 Å². The summed E-state index contributed by atoms with van der Waals surface area (Å²) in [5.41, 5.74) is 0.239. The van der Waals surface area contributed by atoms with E-state index in [4.69, 9.17) is 0 Å². The van der Waals surface area contributed by atoms with E-state index in [0.717, 1.165) is 50.4 Å². The van der Waals surface area contributed by atoms with Crippen molar-refractivity contribution in [1.29, 1.82) is 0 Å². The summed E-state index contributed by atoms with van der Waals surface area (Å²) in [4.78, 5) is 13.6. The predicted molar refractivity (Wildman–Crippen MR) is 83.2 cm³/mol. The van der Waals surface area contributed by atoms with E-state index in [0.29, 0.717) is 0 Å². The average molecular weight is 337 g/mol. The molecule has 0 saturated carbocycles. The van der Waals surface area contributed by atoms with Crippen molar-refractivity contribution in [2.75, 3.05) is 18.4 Å². The van der Waals surface area contributed by atoms with Gasteiger partial charge in [-0.3, -0.25) is 9.88 Å². The maximum Gasteiger partial charge on any atom is 0.433 e. The molecule has 1 aliphatic heterocycles. The molecule has 2 aromatic rings. The monoisotopic (exact) mass is 337 g/mol. The maximum absolute atomic E-state index is 12.7. The molecule has 3 rings (SSSR count). The summed E-state index contributed by atoms with van der Waals surface area (Å²) < 4.78 is 38.0. The number of rotatable bonds is 4. The molecule has 0 spiro atoms. The number of hydrogen-bond donors (Lipinski definition) is 1. The van der Waals surface area contributed by atoms with Crippen molar-refractivity contribution >= 4 is 5.82 Å². The first kappa shape index (κ1) is 16.6. The number of pyridine rings is 1. The minimum absolute atomic E-state index is 0.117. The van der Waals surface area contributed by atoms with Crippen molar-refractivity contribution in [3.05, 3.63) is 48.2 Å². The minimum Gasteiger partial charge on any atom is -0.367 e. The summed E-state index contributed by atoms with van der Waals surface area (Å²) in [5.74, 6) is 0.225. The number of alkyl halides is 3. The number of halogens is 3. The molecule has 2 aromatic heterocycles. The highest BCUT2D eigenvalue weighted by Gasteiger charge is 2.33. The zero-order chi connectivity index (χ0) is 17.0. The third-order valence-electron chi connectivity index (χ3n) is 4.03. The number of nitrogens with one attached hydrogen (secondary N) is 1. The molecule has 5 nitrogen and oxygen atoms in total. The van der Waals surface area contributed by atoms with Gasteiger partial charge in [-0.05, 0) is 24.5 Å². The Hall–Kier alpha value is -2.22. The van der Waals surface area contributed by atoms with Crippen LogP contribution < -0.4 is 5.32 Å². The van der Waals surface area contributed by atoms with Crippen LogP contribution in [0.3, 0.4) is 0 Å². The fourth-order valence-corrected chi connectivity index (χ4v) is 2.79. The van der Waals surface area contributed by atoms with Crippen molar-refractivity contribution in [1.82, 2.24) is 19.9 Å². The Labute approximate surface area is 138 Å². The van der Waals surface area contributed by atoms with Gasteiger partial charge >= 0.3 is 6.18 Å². The molecule has 0 radical (unpaired) electrons. The molecular formula is C16H18F3N5. The van der Waals surface area contributed by atoms with Crippen LogP contribution in [0.1, 0.15) is 24.1 Å². The zero-order valence-corrected chi connectivity index (χ0v) is 13.0. The first-order valence-corrected chi connectivity index (χ1v) is 7.78. The lowest BCUT2D eigenvalue weighted by atomic mass is 10.0. The van der Waals surface area contributed by atoms with Crippen molar-refractivity contribution in [3.8, 4) is 0 Å². The van der Waals surface area contributed by atoms with Gasteiger partial charge in [-0.25, -0.2) is 9.97 Å². The molecule has 3 heterocycles. The van der Waals surface area contributed by atoms with Crippen LogP contribution in [-0.2, 0) is 12.7 Å². The Balaban J connectivity index is 1.52. The van der Waals surface area contributed by atoms with Crippen LogP contribution >= 0.6 is 0 Å². The van der Waals surface area contributed by atoms with E-state index in [2.05, 4.69) is 25.2 Å². The number of anilines is 1. The van der Waals surface area contributed by atoms with Gasteiger partial charge in [0.25, 0.3) is 0 Å². The Morgan fingerprint density at radius 1 is 1.21 bits per heavy atom. The molecule has 0 amide bonds. The normalized spacial score (nSPS) is 17.0. The highest BCUT2D eigenvalue weighted by Crippen LogP contribution is 2.28. The minimum atomic E-state index is -4.45. The van der Waals surface area contributed by atoms with E-state index in [1.165, 1.54) is 0 Å². The third-order valence-corrected chi connectivity index (χ3v) is 4.03. The van der Waals surface area contributed by atoms with Crippen LogP contribution in [0.25, 0.3) is 0 Å². The number of likely N-dealkylation sites (tertiary alicyclic amines) is 1. The molecular weight excluding hydrogens is 319 g/mol. The molecule has 1 fully saturated rings. The summed E-state index contributed by atoms with van der Waals surface area (Å²) in [6.07, 6.45) is 1.80. The highest BCUT2D eigenvalue weighted by molar-refractivity contribution is 5.36. The number of aromatic nitrogens is 3. The van der Waals surface area contributed by atoms with Crippen LogP contribution in [-0.4, -0.2) is 39.0 Å². The fourth-order valence-electron chi connectivity index (χ4n) is 2.79. The lowest BCUT2D eigenvalue weighted by molar-refractivity contribution is -0.141. The third kappa shape index (κ3) is 4.41. The second kappa shape index (κ2) is 7.12. The number of nitrogens with zero attached hydrogens (tertiary/aromatic N) is 4. The smallest absolute Gasteiger partial charge is 0.367 e. The van der Waals surface area contributed by atoms with Gasteiger partial charge in [0.15, 0.2) is 0 Å². The van der Waals surface area contributed by atoms with Crippen molar-refractivity contribution in [3.63, 3.8) is 0 Å². The molecule has 0 unspecified atom stereocenters. The molecule has 1 saturated heterocycles. The highest BCUT2D eigenvalue weighted by atomic mass is 19.4. The van der Waals surface area contributed by atoms with Gasteiger partial charge < -0.3 is 5.32 Å². The number of piperidine rings is 1. The summed E-state index contributed by atoms with van der Waals surface area (Å²) >= 11 is 0. The van der Waals surface area contributed by atoms with Crippen molar-refractivity contribution in [2.24, 2.45) is 0 Å². The molecule has 0 aromatic carbocycles. The van der Waals surface area contributed by atoms with E-state index < -0.39 is 11.9 Å². The quantitative estimate of drug-likeness (QED) is 0.930. The van der Waals surface area contributed by atoms with Crippen molar-refractivity contribution in [2.45, 2.75) is 31.6 Å². The molecule has 128 valence electrons. The predicted octanol–water partition coefficient (Wildman–Crippen LogP) is 2.97. The van der Waals surface area contributed by atoms with E-state index in [-0.39, 0.29) is 11.9 Å². The van der Waals surface area contributed by atoms with Crippen LogP contribution in [0, 0.1) is 0 Å². The second-order valence-electron chi connectivity index (χ2n) is 5.84. The van der Waals surface area contributed by atoms with Gasteiger partial charge in [-0.15, -0.1) is 0 Å². The lowest BCUT2D eigenvalue weighted by Crippen LogP contribution is -2.38. The Kier molecular flexibility index (Phi) is 4.94. The van der Waals surface area contributed by atoms with Gasteiger partial charge in [-0.2, -0.15) is 13.2 Å². The van der Waals surface area contributed by atoms with Crippen LogP contribution in [0.15, 0.2) is 36.9 Å². The van der Waals surface area contributed by atoms with E-state index in [1.807, 2.05) is 18.3 Å². The molecule has 0 atom stereocenters. The van der Waals surface area contributed by atoms with Gasteiger partial charge in [0.2, 0.25) is 0 Å². The number of hydrogen-bond acceptors (Lipinski definition) is 5. The standard InChI is InChI=1S/C16H18F3N5/c17-16(18,19)14-8-15(22-11-21-14)23-13-3-6-24(7-4-13)10-12-2-1-5-20-9-12/h1-2,5,8-9,11,13H,3-4,6-7,10H2,(H,21,22,23). The molecule has 24 heavy (non-hydrogen) atoms. The van der Waals surface area contributed by atoms with E-state index >= 15 is 0 Å². The topological polar surface area (TPSA) is 53.9 Å². The summed E-state index contributed by atoms with van der Waals surface area (Å²) in [6, 6.07) is 5.03. The van der Waals surface area contributed by atoms with Gasteiger partial charge in [-0.1, -0.05) is 6.07 Å². The summed E-state index contributed by atoms with van der Waals surface area (Å²) in [7, 11) is 0. The summed E-state index contributed by atoms with van der Waals surface area (Å²) in [5, 5.41) is 3.09. The fraction of sp³-hybridized carbons (Fsp3) is 0.438. The van der Waals surface area contributed by atoms with Crippen LogP contribution in [0.5, 0.6) is 0 Å². The van der Waals surface area contributed by atoms with Gasteiger partial charge in [0.05, 0.1) is 0 Å². The Morgan fingerprint density at radius 2 is 2.00 bits per heavy atom. The zero-order valence-electron chi connectivity index (χ0n) is 13.0. The molecule has 1 aliphatic rings. The first-order chi connectivity index (χ1) is 11.5. The SMILES string of the molecule is FC(F)(F)c1cc(NC2CCN(Cc3cccnc3)CC2)ncn1. The van der Waals surface area contributed by atoms with Crippen LogP contribution in [0.2, 0.25) is 0 Å². The second-order valence-corrected chi connectivity index (χ2v) is 5.84. The molecule has 1 N–H and O–H groups in total. The van der Waals surface area contributed by atoms with Gasteiger partial charge in [0.1, 0.15) is 17.8 Å². The van der Waals surface area contributed by atoms with E-state index in [9.17, 15) is 13.2 Å². The molecule has 0 aliphatic carbocycles. The molecule has 0 bridgehead atoms. The molecule has 8 heteroatoms. The average Bonchev–Trinajstić information content (AvgIpc) is 2.57. The Morgan fingerprint density at radius 3 is 2.67 bits per heavy atom. The Bertz CT molecular complexity index is 654. The van der Waals surface area contributed by atoms with E-state index in [1.54, 1.807) is 6.20 Å². The van der Waals surface area contributed by atoms with Gasteiger partial charge in [0, 0.05) is 44.1 Å². The summed E-state index contributed by atoms with van der Waals surface area (Å²) in [6.45, 7) is 2.60.